The van der Waals surface area contributed by atoms with Gasteiger partial charge in [-0.05, 0) is 43.6 Å². The molecule has 0 bridgehead atoms. The highest BCUT2D eigenvalue weighted by Gasteiger charge is 2.40. The third-order valence-electron chi connectivity index (χ3n) is 5.58. The molecule has 9 heteroatoms. The second kappa shape index (κ2) is 8.31. The van der Waals surface area contributed by atoms with Crippen molar-refractivity contribution >= 4 is 11.9 Å². The number of hydrogen-bond donors (Lipinski definition) is 1. The van der Waals surface area contributed by atoms with Crippen molar-refractivity contribution in [1.29, 1.82) is 0 Å². The maximum absolute atomic E-state index is 12.9. The van der Waals surface area contributed by atoms with Gasteiger partial charge in [0.1, 0.15) is 5.69 Å². The van der Waals surface area contributed by atoms with E-state index in [0.29, 0.717) is 36.7 Å². The molecule has 1 atom stereocenters. The van der Waals surface area contributed by atoms with E-state index in [1.807, 2.05) is 0 Å². The summed E-state index contributed by atoms with van der Waals surface area (Å²) in [7, 11) is 0. The number of nitrogens with zero attached hydrogens (tertiary/aromatic N) is 4. The largest absolute Gasteiger partial charge is 0.461 e. The number of rotatable bonds is 6. The van der Waals surface area contributed by atoms with Crippen molar-refractivity contribution in [1.82, 2.24) is 19.7 Å². The monoisotopic (exact) mass is 415 g/mol. The Morgan fingerprint density at radius 1 is 1.37 bits per heavy atom. The number of nitrogens with two attached hydrogens (primary N) is 1. The Morgan fingerprint density at radius 2 is 2.20 bits per heavy atom. The van der Waals surface area contributed by atoms with Crippen LogP contribution in [0, 0.1) is 0 Å². The Hall–Kier alpha value is -2.52. The first kappa shape index (κ1) is 20.7. The van der Waals surface area contributed by atoms with Gasteiger partial charge in [0.2, 0.25) is 5.95 Å². The summed E-state index contributed by atoms with van der Waals surface area (Å²) in [6.07, 6.45) is 5.28. The Kier molecular flexibility index (Phi) is 5.75. The summed E-state index contributed by atoms with van der Waals surface area (Å²) in [5.41, 5.74) is 9.09. The molecular weight excluding hydrogens is 386 g/mol. The average molecular weight is 415 g/mol. The fourth-order valence-corrected chi connectivity index (χ4v) is 4.27. The van der Waals surface area contributed by atoms with Crippen LogP contribution in [0.3, 0.4) is 0 Å². The van der Waals surface area contributed by atoms with E-state index in [4.69, 9.17) is 25.0 Å². The first-order valence-corrected chi connectivity index (χ1v) is 10.5. The fourth-order valence-electron chi connectivity index (χ4n) is 4.27. The van der Waals surface area contributed by atoms with E-state index in [1.54, 1.807) is 17.8 Å². The van der Waals surface area contributed by atoms with Gasteiger partial charge >= 0.3 is 5.97 Å². The smallest absolute Gasteiger partial charge is 0.356 e. The lowest BCUT2D eigenvalue weighted by Crippen LogP contribution is -2.29. The molecule has 1 saturated heterocycles. The van der Waals surface area contributed by atoms with Gasteiger partial charge in [-0.25, -0.2) is 14.8 Å². The normalized spacial score (nSPS) is 19.8. The van der Waals surface area contributed by atoms with Crippen molar-refractivity contribution in [3.63, 3.8) is 0 Å². The van der Waals surface area contributed by atoms with Gasteiger partial charge in [-0.3, -0.25) is 4.68 Å². The van der Waals surface area contributed by atoms with Crippen LogP contribution in [-0.4, -0.2) is 51.8 Å². The number of esters is 1. The van der Waals surface area contributed by atoms with Crippen molar-refractivity contribution in [2.24, 2.45) is 0 Å². The van der Waals surface area contributed by atoms with E-state index in [2.05, 4.69) is 23.8 Å². The molecular formula is C21H29N5O4. The van der Waals surface area contributed by atoms with E-state index in [9.17, 15) is 4.79 Å². The molecule has 30 heavy (non-hydrogen) atoms. The minimum atomic E-state index is -0.390. The Bertz CT molecular complexity index is 934. The highest BCUT2D eigenvalue weighted by Crippen LogP contribution is 2.43. The van der Waals surface area contributed by atoms with Crippen LogP contribution in [0.5, 0.6) is 0 Å². The van der Waals surface area contributed by atoms with Crippen LogP contribution in [-0.2, 0) is 32.6 Å². The molecule has 2 N–H and O–H groups in total. The maximum Gasteiger partial charge on any atom is 0.356 e. The summed E-state index contributed by atoms with van der Waals surface area (Å²) in [5, 5.41) is 4.76. The van der Waals surface area contributed by atoms with Crippen LogP contribution in [0.2, 0.25) is 0 Å². The summed E-state index contributed by atoms with van der Waals surface area (Å²) in [5.74, 6) is -0.205. The van der Waals surface area contributed by atoms with Crippen LogP contribution in [0.15, 0.2) is 6.20 Å². The van der Waals surface area contributed by atoms with E-state index >= 15 is 0 Å². The van der Waals surface area contributed by atoms with E-state index in [0.717, 1.165) is 37.0 Å². The van der Waals surface area contributed by atoms with Gasteiger partial charge in [-0.15, -0.1) is 0 Å². The van der Waals surface area contributed by atoms with Gasteiger partial charge in [-0.1, -0.05) is 13.8 Å². The van der Waals surface area contributed by atoms with E-state index in [-0.39, 0.29) is 24.3 Å². The average Bonchev–Trinajstić information content (AvgIpc) is 3.11. The lowest BCUT2D eigenvalue weighted by Gasteiger charge is -2.30. The SMILES string of the molecule is CCOC(=O)c1c2c(nn1CCOC1CCCCO1)-c1nc(N)ncc1CC2(C)C. The zero-order valence-electron chi connectivity index (χ0n) is 17.8. The third-order valence-corrected chi connectivity index (χ3v) is 5.58. The molecule has 4 rings (SSSR count). The lowest BCUT2D eigenvalue weighted by atomic mass is 9.73. The fraction of sp³-hybridized carbons (Fsp3) is 0.619. The molecule has 2 aromatic rings. The number of aromatic nitrogens is 4. The number of anilines is 1. The zero-order chi connectivity index (χ0) is 21.3. The summed E-state index contributed by atoms with van der Waals surface area (Å²) in [6.45, 7) is 7.78. The molecule has 0 saturated carbocycles. The van der Waals surface area contributed by atoms with Crippen LogP contribution in [0.1, 0.15) is 61.6 Å². The number of carbonyl (C=O) groups is 1. The standard InChI is InChI=1S/C21H29N5O4/c1-4-28-19(27)18-15-17(16-13(11-21(15,2)3)12-23-20(22)24-16)25-26(18)8-10-30-14-7-5-6-9-29-14/h12,14H,4-11H2,1-3H3,(H2,22,23,24). The number of fused-ring (bicyclic) bond motifs is 3. The lowest BCUT2D eigenvalue weighted by molar-refractivity contribution is -0.163. The number of carbonyl (C=O) groups excluding carboxylic acids is 1. The van der Waals surface area contributed by atoms with Gasteiger partial charge in [0.05, 0.1) is 25.5 Å². The maximum atomic E-state index is 12.9. The quantitative estimate of drug-likeness (QED) is 0.716. The van der Waals surface area contributed by atoms with Gasteiger partial charge in [0, 0.05) is 18.4 Å². The van der Waals surface area contributed by atoms with Crippen LogP contribution >= 0.6 is 0 Å². The Balaban J connectivity index is 1.70. The molecule has 0 amide bonds. The first-order chi connectivity index (χ1) is 14.4. The summed E-state index contributed by atoms with van der Waals surface area (Å²) >= 11 is 0. The van der Waals surface area contributed by atoms with Crippen LogP contribution in [0.25, 0.3) is 11.4 Å². The molecule has 2 aromatic heterocycles. The van der Waals surface area contributed by atoms with Crippen molar-refractivity contribution < 1.29 is 19.0 Å². The Labute approximate surface area is 175 Å². The number of ether oxygens (including phenoxy) is 3. The zero-order valence-corrected chi connectivity index (χ0v) is 17.8. The predicted molar refractivity (Wildman–Crippen MR) is 110 cm³/mol. The first-order valence-electron chi connectivity index (χ1n) is 10.5. The number of hydrogen-bond acceptors (Lipinski definition) is 8. The molecule has 162 valence electrons. The molecule has 0 radical (unpaired) electrons. The van der Waals surface area contributed by atoms with Gasteiger partial charge in [0.25, 0.3) is 0 Å². The van der Waals surface area contributed by atoms with Crippen LogP contribution in [0.4, 0.5) is 5.95 Å². The van der Waals surface area contributed by atoms with Gasteiger partial charge < -0.3 is 19.9 Å². The van der Waals surface area contributed by atoms with Crippen molar-refractivity contribution in [2.75, 3.05) is 25.6 Å². The molecule has 1 aliphatic heterocycles. The summed E-state index contributed by atoms with van der Waals surface area (Å²) in [4.78, 5) is 21.5. The predicted octanol–water partition coefficient (Wildman–Crippen LogP) is 2.48. The number of nitrogen functional groups attached to an aromatic ring is 1. The molecule has 2 aliphatic rings. The minimum Gasteiger partial charge on any atom is -0.461 e. The molecule has 0 spiro atoms. The van der Waals surface area contributed by atoms with Crippen molar-refractivity contribution in [3.8, 4) is 11.4 Å². The van der Waals surface area contributed by atoms with Crippen molar-refractivity contribution in [2.45, 2.75) is 64.7 Å². The molecule has 9 nitrogen and oxygen atoms in total. The van der Waals surface area contributed by atoms with Crippen molar-refractivity contribution in [3.05, 3.63) is 23.0 Å². The van der Waals surface area contributed by atoms with Crippen LogP contribution < -0.4 is 5.73 Å². The van der Waals surface area contributed by atoms with Gasteiger partial charge in [0.15, 0.2) is 12.0 Å². The third kappa shape index (κ3) is 3.91. The second-order valence-electron chi connectivity index (χ2n) is 8.35. The highest BCUT2D eigenvalue weighted by atomic mass is 16.7. The molecule has 3 heterocycles. The van der Waals surface area contributed by atoms with Gasteiger partial charge in [-0.2, -0.15) is 5.10 Å². The summed E-state index contributed by atoms with van der Waals surface area (Å²) in [6, 6.07) is 0. The molecule has 0 aromatic carbocycles. The topological polar surface area (TPSA) is 114 Å². The Morgan fingerprint density at radius 3 is 2.93 bits per heavy atom. The molecule has 1 aliphatic carbocycles. The minimum absolute atomic E-state index is 0.185. The molecule has 1 fully saturated rings. The van der Waals surface area contributed by atoms with E-state index < -0.39 is 5.97 Å². The second-order valence-corrected chi connectivity index (χ2v) is 8.35. The van der Waals surface area contributed by atoms with E-state index in [1.165, 1.54) is 0 Å². The summed E-state index contributed by atoms with van der Waals surface area (Å²) < 4.78 is 18.6. The molecule has 1 unspecified atom stereocenters. The highest BCUT2D eigenvalue weighted by molar-refractivity contribution is 5.93.